The number of hydrogen-bond acceptors (Lipinski definition) is 2. The van der Waals surface area contributed by atoms with Gasteiger partial charge in [0.1, 0.15) is 0 Å². The van der Waals surface area contributed by atoms with E-state index < -0.39 is 0 Å². The minimum absolute atomic E-state index is 0.0454. The molecule has 2 aromatic carbocycles. The summed E-state index contributed by atoms with van der Waals surface area (Å²) in [5, 5.41) is 5.36. The summed E-state index contributed by atoms with van der Waals surface area (Å²) in [6.45, 7) is 3.85. The van der Waals surface area contributed by atoms with Crippen LogP contribution in [0, 0.1) is 5.92 Å². The van der Waals surface area contributed by atoms with Gasteiger partial charge in [0, 0.05) is 24.2 Å². The van der Waals surface area contributed by atoms with E-state index >= 15 is 0 Å². The van der Waals surface area contributed by atoms with E-state index in [0.717, 1.165) is 22.0 Å². The molecule has 0 aromatic heterocycles. The highest BCUT2D eigenvalue weighted by molar-refractivity contribution is 6.01. The van der Waals surface area contributed by atoms with E-state index in [1.54, 1.807) is 0 Å². The molecule has 2 rings (SSSR count). The molecule has 0 aliphatic rings. The molecule has 17 heavy (non-hydrogen) atoms. The van der Waals surface area contributed by atoms with Crippen LogP contribution in [0.2, 0.25) is 0 Å². The Bertz CT molecular complexity index is 558. The Kier molecular flexibility index (Phi) is 3.14. The molecule has 2 nitrogen and oxygen atoms in total. The highest BCUT2D eigenvalue weighted by atomic mass is 16.1. The van der Waals surface area contributed by atoms with Gasteiger partial charge < -0.3 is 5.32 Å². The van der Waals surface area contributed by atoms with Gasteiger partial charge in [-0.25, -0.2) is 0 Å². The number of rotatable bonds is 3. The number of hydrogen-bond donors (Lipinski definition) is 1. The molecule has 0 bridgehead atoms. The summed E-state index contributed by atoms with van der Waals surface area (Å²) in [5.74, 6) is 0.244. The van der Waals surface area contributed by atoms with Crippen molar-refractivity contribution in [3.05, 3.63) is 42.0 Å². The molecule has 0 amide bonds. The Balaban J connectivity index is 2.48. The molecule has 0 heterocycles. The quantitative estimate of drug-likeness (QED) is 0.810. The van der Waals surface area contributed by atoms with Gasteiger partial charge in [-0.2, -0.15) is 0 Å². The smallest absolute Gasteiger partial charge is 0.165 e. The van der Waals surface area contributed by atoms with Crippen LogP contribution in [0.15, 0.2) is 36.4 Å². The lowest BCUT2D eigenvalue weighted by molar-refractivity contribution is 0.0939. The van der Waals surface area contributed by atoms with Crippen molar-refractivity contribution in [2.75, 3.05) is 12.4 Å². The molecule has 0 saturated heterocycles. The summed E-state index contributed by atoms with van der Waals surface area (Å²) in [7, 11) is 1.90. The summed E-state index contributed by atoms with van der Waals surface area (Å²) in [4.78, 5) is 11.9. The molecule has 2 heteroatoms. The van der Waals surface area contributed by atoms with E-state index in [-0.39, 0.29) is 11.7 Å². The van der Waals surface area contributed by atoms with Gasteiger partial charge in [0.05, 0.1) is 0 Å². The first-order chi connectivity index (χ1) is 8.11. The van der Waals surface area contributed by atoms with Crippen LogP contribution in [0.1, 0.15) is 24.2 Å². The first-order valence-electron chi connectivity index (χ1n) is 5.87. The molecule has 0 aliphatic heterocycles. The van der Waals surface area contributed by atoms with Crippen LogP contribution in [-0.4, -0.2) is 12.8 Å². The van der Waals surface area contributed by atoms with Crippen LogP contribution in [0.4, 0.5) is 5.69 Å². The zero-order valence-electron chi connectivity index (χ0n) is 10.4. The summed E-state index contributed by atoms with van der Waals surface area (Å²) in [6.07, 6.45) is 0. The number of nitrogens with one attached hydrogen (secondary N) is 1. The van der Waals surface area contributed by atoms with Gasteiger partial charge in [-0.15, -0.1) is 0 Å². The van der Waals surface area contributed by atoms with Crippen LogP contribution < -0.4 is 5.32 Å². The minimum Gasteiger partial charge on any atom is -0.388 e. The fourth-order valence-electron chi connectivity index (χ4n) is 1.89. The van der Waals surface area contributed by atoms with E-state index in [1.165, 1.54) is 0 Å². The molecule has 0 atom stereocenters. The van der Waals surface area contributed by atoms with E-state index in [1.807, 2.05) is 51.2 Å². The molecule has 2 aromatic rings. The van der Waals surface area contributed by atoms with Gasteiger partial charge in [-0.05, 0) is 29.0 Å². The van der Waals surface area contributed by atoms with Crippen molar-refractivity contribution < 1.29 is 4.79 Å². The normalized spacial score (nSPS) is 10.8. The number of fused-ring (bicyclic) bond motifs is 1. The Morgan fingerprint density at radius 1 is 1.06 bits per heavy atom. The molecular weight excluding hydrogens is 210 g/mol. The predicted octanol–water partition coefficient (Wildman–Crippen LogP) is 3.72. The van der Waals surface area contributed by atoms with Gasteiger partial charge in [0.25, 0.3) is 0 Å². The van der Waals surface area contributed by atoms with Crippen LogP contribution >= 0.6 is 0 Å². The molecule has 0 radical (unpaired) electrons. The molecule has 0 saturated carbocycles. The van der Waals surface area contributed by atoms with Crippen molar-refractivity contribution in [1.82, 2.24) is 0 Å². The van der Waals surface area contributed by atoms with Crippen LogP contribution in [0.25, 0.3) is 10.8 Å². The number of Topliss-reactive ketones (excluding diaryl/α,β-unsaturated/α-hetero) is 1. The van der Waals surface area contributed by atoms with E-state index in [2.05, 4.69) is 11.4 Å². The van der Waals surface area contributed by atoms with Crippen molar-refractivity contribution in [3.8, 4) is 0 Å². The maximum Gasteiger partial charge on any atom is 0.165 e. The fourth-order valence-corrected chi connectivity index (χ4v) is 1.89. The molecule has 0 spiro atoms. The van der Waals surface area contributed by atoms with Crippen LogP contribution in [-0.2, 0) is 0 Å². The van der Waals surface area contributed by atoms with Crippen molar-refractivity contribution >= 4 is 22.2 Å². The Hall–Kier alpha value is -1.83. The lowest BCUT2D eigenvalue weighted by Gasteiger charge is -2.07. The Morgan fingerprint density at radius 3 is 2.35 bits per heavy atom. The van der Waals surface area contributed by atoms with Crippen LogP contribution in [0.5, 0.6) is 0 Å². The summed E-state index contributed by atoms with van der Waals surface area (Å²) < 4.78 is 0. The molecule has 0 aliphatic carbocycles. The van der Waals surface area contributed by atoms with Gasteiger partial charge >= 0.3 is 0 Å². The molecule has 1 N–H and O–H groups in total. The largest absolute Gasteiger partial charge is 0.388 e. The van der Waals surface area contributed by atoms with Gasteiger partial charge in [0.15, 0.2) is 5.78 Å². The zero-order chi connectivity index (χ0) is 12.4. The maximum absolute atomic E-state index is 11.9. The van der Waals surface area contributed by atoms with Gasteiger partial charge in [-0.3, -0.25) is 4.79 Å². The van der Waals surface area contributed by atoms with Gasteiger partial charge in [-0.1, -0.05) is 32.0 Å². The van der Waals surface area contributed by atoms with Crippen molar-refractivity contribution in [2.24, 2.45) is 5.92 Å². The first kappa shape index (κ1) is 11.6. The standard InChI is InChI=1S/C15H17NO/c1-10(2)15(17)13-5-4-12-9-14(16-3)7-6-11(12)8-13/h4-10,16H,1-3H3. The molecule has 88 valence electrons. The highest BCUT2D eigenvalue weighted by Gasteiger charge is 2.10. The lowest BCUT2D eigenvalue weighted by atomic mass is 9.98. The summed E-state index contributed by atoms with van der Waals surface area (Å²) in [5.41, 5.74) is 1.88. The second-order valence-electron chi connectivity index (χ2n) is 4.55. The molecule has 0 unspecified atom stereocenters. The molecule has 0 fully saturated rings. The van der Waals surface area contributed by atoms with E-state index in [9.17, 15) is 4.79 Å². The van der Waals surface area contributed by atoms with Crippen LogP contribution in [0.3, 0.4) is 0 Å². The lowest BCUT2D eigenvalue weighted by Crippen LogP contribution is -2.06. The van der Waals surface area contributed by atoms with E-state index in [4.69, 9.17) is 0 Å². The number of benzene rings is 2. The monoisotopic (exact) mass is 227 g/mol. The van der Waals surface area contributed by atoms with E-state index in [0.29, 0.717) is 0 Å². The third-order valence-electron chi connectivity index (χ3n) is 2.94. The minimum atomic E-state index is 0.0454. The van der Waals surface area contributed by atoms with Crippen molar-refractivity contribution in [3.63, 3.8) is 0 Å². The Morgan fingerprint density at radius 2 is 1.71 bits per heavy atom. The van der Waals surface area contributed by atoms with Crippen molar-refractivity contribution in [2.45, 2.75) is 13.8 Å². The number of carbonyl (C=O) groups is 1. The molecular formula is C15H17NO. The predicted molar refractivity (Wildman–Crippen MR) is 72.7 cm³/mol. The zero-order valence-corrected chi connectivity index (χ0v) is 10.4. The number of ketones is 1. The number of anilines is 1. The third kappa shape index (κ3) is 2.31. The highest BCUT2D eigenvalue weighted by Crippen LogP contribution is 2.21. The topological polar surface area (TPSA) is 29.1 Å². The summed E-state index contributed by atoms with van der Waals surface area (Å²) in [6, 6.07) is 12.0. The van der Waals surface area contributed by atoms with Crippen molar-refractivity contribution in [1.29, 1.82) is 0 Å². The first-order valence-corrected chi connectivity index (χ1v) is 5.87. The summed E-state index contributed by atoms with van der Waals surface area (Å²) >= 11 is 0. The third-order valence-corrected chi connectivity index (χ3v) is 2.94. The second kappa shape index (κ2) is 4.58. The second-order valence-corrected chi connectivity index (χ2v) is 4.55. The number of carbonyl (C=O) groups excluding carboxylic acids is 1. The maximum atomic E-state index is 11.9. The fraction of sp³-hybridized carbons (Fsp3) is 0.267. The average Bonchev–Trinajstić information content (AvgIpc) is 2.36. The average molecular weight is 227 g/mol. The Labute approximate surface area is 102 Å². The van der Waals surface area contributed by atoms with Gasteiger partial charge in [0.2, 0.25) is 0 Å². The SMILES string of the molecule is CNc1ccc2cc(C(=O)C(C)C)ccc2c1.